The lowest BCUT2D eigenvalue weighted by atomic mass is 10.0. The quantitative estimate of drug-likeness (QED) is 0.882. The standard InChI is InChI=1S/C15H22N4O2/c1-17(2)15(21)19-10-8-18(9-11-19)13(14(16)20)12-6-4-3-5-7-12/h3-7,13H,8-11H2,1-2H3,(H2,16,20)/t13-/m1/s1. The van der Waals surface area contributed by atoms with Crippen LogP contribution in [0.15, 0.2) is 30.3 Å². The van der Waals surface area contributed by atoms with Crippen LogP contribution in [0.3, 0.4) is 0 Å². The van der Waals surface area contributed by atoms with Gasteiger partial charge in [-0.2, -0.15) is 0 Å². The number of amides is 3. The molecule has 1 fully saturated rings. The van der Waals surface area contributed by atoms with Crippen molar-refractivity contribution in [3.8, 4) is 0 Å². The highest BCUT2D eigenvalue weighted by atomic mass is 16.2. The van der Waals surface area contributed by atoms with Crippen LogP contribution in [0.1, 0.15) is 11.6 Å². The number of carbonyl (C=O) groups excluding carboxylic acids is 2. The molecule has 0 radical (unpaired) electrons. The van der Waals surface area contributed by atoms with Crippen LogP contribution in [-0.2, 0) is 4.79 Å². The third-order valence-electron chi connectivity index (χ3n) is 3.72. The van der Waals surface area contributed by atoms with E-state index in [9.17, 15) is 9.59 Å². The van der Waals surface area contributed by atoms with Crippen molar-refractivity contribution >= 4 is 11.9 Å². The summed E-state index contributed by atoms with van der Waals surface area (Å²) in [5.41, 5.74) is 6.47. The molecule has 1 aliphatic heterocycles. The molecule has 1 heterocycles. The van der Waals surface area contributed by atoms with Gasteiger partial charge in [-0.15, -0.1) is 0 Å². The highest BCUT2D eigenvalue weighted by molar-refractivity contribution is 5.81. The molecular formula is C15H22N4O2. The van der Waals surface area contributed by atoms with Gasteiger partial charge in [0.1, 0.15) is 6.04 Å². The van der Waals surface area contributed by atoms with Crippen LogP contribution < -0.4 is 5.73 Å². The maximum atomic E-state index is 11.9. The molecule has 0 aliphatic carbocycles. The van der Waals surface area contributed by atoms with E-state index in [1.165, 1.54) is 0 Å². The molecule has 114 valence electrons. The van der Waals surface area contributed by atoms with Gasteiger partial charge in [0, 0.05) is 40.3 Å². The van der Waals surface area contributed by atoms with E-state index in [2.05, 4.69) is 0 Å². The van der Waals surface area contributed by atoms with E-state index in [0.29, 0.717) is 26.2 Å². The molecule has 1 aromatic carbocycles. The summed E-state index contributed by atoms with van der Waals surface area (Å²) in [4.78, 5) is 29.1. The third kappa shape index (κ3) is 3.52. The number of carbonyl (C=O) groups is 2. The Morgan fingerprint density at radius 2 is 1.67 bits per heavy atom. The maximum Gasteiger partial charge on any atom is 0.319 e. The molecule has 0 bridgehead atoms. The van der Waals surface area contributed by atoms with Crippen LogP contribution in [0, 0.1) is 0 Å². The molecule has 2 N–H and O–H groups in total. The molecule has 0 aromatic heterocycles. The number of hydrogen-bond acceptors (Lipinski definition) is 3. The van der Waals surface area contributed by atoms with E-state index in [-0.39, 0.29) is 11.9 Å². The molecule has 6 heteroatoms. The predicted molar refractivity (Wildman–Crippen MR) is 80.6 cm³/mol. The summed E-state index contributed by atoms with van der Waals surface area (Å²) in [5.74, 6) is -0.353. The van der Waals surface area contributed by atoms with Crippen molar-refractivity contribution in [3.63, 3.8) is 0 Å². The lowest BCUT2D eigenvalue weighted by Gasteiger charge is -2.39. The van der Waals surface area contributed by atoms with Gasteiger partial charge in [-0.3, -0.25) is 9.69 Å². The molecular weight excluding hydrogens is 268 g/mol. The summed E-state index contributed by atoms with van der Waals surface area (Å²) in [6.45, 7) is 2.49. The lowest BCUT2D eigenvalue weighted by molar-refractivity contribution is -0.124. The van der Waals surface area contributed by atoms with Crippen molar-refractivity contribution in [2.45, 2.75) is 6.04 Å². The molecule has 1 aromatic rings. The second-order valence-corrected chi connectivity index (χ2v) is 5.42. The molecule has 2 rings (SSSR count). The fraction of sp³-hybridized carbons (Fsp3) is 0.467. The first-order valence-corrected chi connectivity index (χ1v) is 7.05. The molecule has 3 amide bonds. The number of hydrogen-bond donors (Lipinski definition) is 1. The zero-order chi connectivity index (χ0) is 15.4. The first-order valence-electron chi connectivity index (χ1n) is 7.05. The minimum Gasteiger partial charge on any atom is -0.368 e. The van der Waals surface area contributed by atoms with Crippen LogP contribution in [-0.4, -0.2) is 66.9 Å². The number of nitrogens with zero attached hydrogens (tertiary/aromatic N) is 3. The largest absolute Gasteiger partial charge is 0.368 e. The van der Waals surface area contributed by atoms with Gasteiger partial charge in [0.15, 0.2) is 0 Å². The van der Waals surface area contributed by atoms with Gasteiger partial charge in [-0.1, -0.05) is 30.3 Å². The number of piperazine rings is 1. The van der Waals surface area contributed by atoms with E-state index in [1.807, 2.05) is 35.2 Å². The Hall–Kier alpha value is -2.08. The Bertz CT molecular complexity index is 496. The molecule has 0 saturated carbocycles. The van der Waals surface area contributed by atoms with E-state index in [0.717, 1.165) is 5.56 Å². The highest BCUT2D eigenvalue weighted by Gasteiger charge is 2.30. The Morgan fingerprint density at radius 1 is 1.10 bits per heavy atom. The monoisotopic (exact) mass is 290 g/mol. The van der Waals surface area contributed by atoms with Crippen LogP contribution in [0.5, 0.6) is 0 Å². The zero-order valence-corrected chi connectivity index (χ0v) is 12.5. The van der Waals surface area contributed by atoms with Gasteiger partial charge in [-0.25, -0.2) is 4.79 Å². The fourth-order valence-electron chi connectivity index (χ4n) is 2.64. The Labute approximate surface area is 125 Å². The summed E-state index contributed by atoms with van der Waals surface area (Å²) < 4.78 is 0. The van der Waals surface area contributed by atoms with Gasteiger partial charge in [-0.05, 0) is 5.56 Å². The van der Waals surface area contributed by atoms with E-state index in [1.54, 1.807) is 23.9 Å². The Morgan fingerprint density at radius 3 is 2.14 bits per heavy atom. The van der Waals surface area contributed by atoms with Gasteiger partial charge >= 0.3 is 6.03 Å². The summed E-state index contributed by atoms with van der Waals surface area (Å²) in [6, 6.07) is 9.11. The van der Waals surface area contributed by atoms with Crippen LogP contribution in [0.2, 0.25) is 0 Å². The van der Waals surface area contributed by atoms with E-state index < -0.39 is 6.04 Å². The van der Waals surface area contributed by atoms with Crippen molar-refractivity contribution < 1.29 is 9.59 Å². The lowest BCUT2D eigenvalue weighted by Crippen LogP contribution is -2.53. The zero-order valence-electron chi connectivity index (χ0n) is 12.5. The van der Waals surface area contributed by atoms with Crippen LogP contribution in [0.25, 0.3) is 0 Å². The normalized spacial score (nSPS) is 17.3. The van der Waals surface area contributed by atoms with Crippen molar-refractivity contribution in [1.82, 2.24) is 14.7 Å². The fourth-order valence-corrected chi connectivity index (χ4v) is 2.64. The molecule has 0 spiro atoms. The summed E-state index contributed by atoms with van der Waals surface area (Å²) in [7, 11) is 3.48. The smallest absolute Gasteiger partial charge is 0.319 e. The minimum atomic E-state index is -0.428. The molecule has 1 aliphatic rings. The third-order valence-corrected chi connectivity index (χ3v) is 3.72. The number of urea groups is 1. The predicted octanol–water partition coefficient (Wildman–Crippen LogP) is 0.512. The first kappa shape index (κ1) is 15.3. The number of rotatable bonds is 3. The number of nitrogens with two attached hydrogens (primary N) is 1. The SMILES string of the molecule is CN(C)C(=O)N1CCN([C@@H](C(N)=O)c2ccccc2)CC1. The van der Waals surface area contributed by atoms with Crippen molar-refractivity contribution in [2.75, 3.05) is 40.3 Å². The highest BCUT2D eigenvalue weighted by Crippen LogP contribution is 2.22. The average Bonchev–Trinajstić information content (AvgIpc) is 2.48. The summed E-state index contributed by atoms with van der Waals surface area (Å²) in [5, 5.41) is 0. The average molecular weight is 290 g/mol. The maximum absolute atomic E-state index is 11.9. The van der Waals surface area contributed by atoms with Gasteiger partial charge in [0.2, 0.25) is 5.91 Å². The molecule has 21 heavy (non-hydrogen) atoms. The van der Waals surface area contributed by atoms with Gasteiger partial charge in [0.05, 0.1) is 0 Å². The second-order valence-electron chi connectivity index (χ2n) is 5.42. The Balaban J connectivity index is 2.05. The number of primary amides is 1. The second kappa shape index (κ2) is 6.58. The summed E-state index contributed by atoms with van der Waals surface area (Å²) >= 11 is 0. The van der Waals surface area contributed by atoms with Gasteiger partial charge < -0.3 is 15.5 Å². The van der Waals surface area contributed by atoms with E-state index >= 15 is 0 Å². The Kier molecular flexibility index (Phi) is 4.80. The topological polar surface area (TPSA) is 69.9 Å². The van der Waals surface area contributed by atoms with E-state index in [4.69, 9.17) is 5.73 Å². The molecule has 1 atom stereocenters. The van der Waals surface area contributed by atoms with Crippen molar-refractivity contribution in [3.05, 3.63) is 35.9 Å². The first-order chi connectivity index (χ1) is 10.0. The molecule has 6 nitrogen and oxygen atoms in total. The molecule has 0 unspecified atom stereocenters. The van der Waals surface area contributed by atoms with Crippen molar-refractivity contribution in [1.29, 1.82) is 0 Å². The molecule has 1 saturated heterocycles. The minimum absolute atomic E-state index is 0.00462. The van der Waals surface area contributed by atoms with Crippen LogP contribution in [0.4, 0.5) is 4.79 Å². The number of benzene rings is 1. The van der Waals surface area contributed by atoms with Crippen LogP contribution >= 0.6 is 0 Å². The summed E-state index contributed by atoms with van der Waals surface area (Å²) in [6.07, 6.45) is 0. The van der Waals surface area contributed by atoms with Gasteiger partial charge in [0.25, 0.3) is 0 Å². The van der Waals surface area contributed by atoms with Crippen molar-refractivity contribution in [2.24, 2.45) is 5.73 Å².